The first-order valence-electron chi connectivity index (χ1n) is 8.11. The number of rotatable bonds is 11. The van der Waals surface area contributed by atoms with Gasteiger partial charge in [-0.3, -0.25) is 0 Å². The number of aryl methyl sites for hydroxylation is 1. The first-order valence-corrected chi connectivity index (χ1v) is 8.92. The quantitative estimate of drug-likeness (QED) is 0.550. The van der Waals surface area contributed by atoms with Crippen LogP contribution in [0.15, 0.2) is 12.1 Å². The van der Waals surface area contributed by atoms with Gasteiger partial charge in [0.2, 0.25) is 0 Å². The van der Waals surface area contributed by atoms with Crippen molar-refractivity contribution < 1.29 is 0 Å². The Morgan fingerprint density at radius 1 is 1.00 bits per heavy atom. The molecule has 0 bridgehead atoms. The third kappa shape index (κ3) is 7.12. The van der Waals surface area contributed by atoms with Crippen LogP contribution in [-0.2, 0) is 12.8 Å². The van der Waals surface area contributed by atoms with E-state index in [9.17, 15) is 0 Å². The van der Waals surface area contributed by atoms with Crippen LogP contribution in [0.25, 0.3) is 0 Å². The minimum absolute atomic E-state index is 0.676. The molecule has 0 spiro atoms. The fourth-order valence-corrected chi connectivity index (χ4v) is 3.56. The van der Waals surface area contributed by atoms with Gasteiger partial charge in [-0.2, -0.15) is 0 Å². The molecule has 0 amide bonds. The van der Waals surface area contributed by atoms with Crippen LogP contribution in [0.1, 0.15) is 69.1 Å². The highest BCUT2D eigenvalue weighted by atomic mass is 32.1. The van der Waals surface area contributed by atoms with Crippen molar-refractivity contribution in [2.24, 2.45) is 0 Å². The van der Waals surface area contributed by atoms with Gasteiger partial charge >= 0.3 is 0 Å². The first-order chi connectivity index (χ1) is 9.30. The Morgan fingerprint density at radius 3 is 2.37 bits per heavy atom. The van der Waals surface area contributed by atoms with Crippen LogP contribution in [0.4, 0.5) is 0 Å². The summed E-state index contributed by atoms with van der Waals surface area (Å²) < 4.78 is 0. The molecule has 19 heavy (non-hydrogen) atoms. The highest BCUT2D eigenvalue weighted by Crippen LogP contribution is 2.20. The maximum Gasteiger partial charge on any atom is 0.0115 e. The summed E-state index contributed by atoms with van der Waals surface area (Å²) in [6.45, 7) is 7.83. The van der Waals surface area contributed by atoms with Crippen molar-refractivity contribution in [2.75, 3.05) is 6.54 Å². The predicted molar refractivity (Wildman–Crippen MR) is 88.2 cm³/mol. The maximum absolute atomic E-state index is 3.66. The van der Waals surface area contributed by atoms with Gasteiger partial charge in [-0.1, -0.05) is 52.9 Å². The van der Waals surface area contributed by atoms with Gasteiger partial charge in [0.1, 0.15) is 0 Å². The van der Waals surface area contributed by atoms with E-state index in [-0.39, 0.29) is 0 Å². The van der Waals surface area contributed by atoms with Gasteiger partial charge in [0, 0.05) is 15.8 Å². The lowest BCUT2D eigenvalue weighted by molar-refractivity contribution is 0.463. The molecule has 1 atom stereocenters. The Hall–Kier alpha value is -0.340. The molecule has 1 rings (SSSR count). The molecule has 1 nitrogen and oxygen atoms in total. The van der Waals surface area contributed by atoms with Crippen LogP contribution in [0.2, 0.25) is 0 Å². The molecule has 1 N–H and O–H groups in total. The Morgan fingerprint density at radius 2 is 1.74 bits per heavy atom. The minimum Gasteiger partial charge on any atom is -0.314 e. The summed E-state index contributed by atoms with van der Waals surface area (Å²) >= 11 is 1.99. The van der Waals surface area contributed by atoms with Crippen molar-refractivity contribution in [1.82, 2.24) is 5.32 Å². The van der Waals surface area contributed by atoms with Gasteiger partial charge in [0.05, 0.1) is 0 Å². The van der Waals surface area contributed by atoms with Crippen molar-refractivity contribution >= 4 is 11.3 Å². The molecular formula is C17H31NS. The Balaban J connectivity index is 2.30. The SMILES string of the molecule is CCCCCCCC(Cc1ccc(CC)s1)NCC. The molecule has 0 aliphatic heterocycles. The van der Waals surface area contributed by atoms with Crippen LogP contribution in [-0.4, -0.2) is 12.6 Å². The highest BCUT2D eigenvalue weighted by Gasteiger charge is 2.09. The van der Waals surface area contributed by atoms with Crippen LogP contribution in [0, 0.1) is 0 Å². The lowest BCUT2D eigenvalue weighted by Gasteiger charge is -2.17. The maximum atomic E-state index is 3.66. The smallest absolute Gasteiger partial charge is 0.0115 e. The van der Waals surface area contributed by atoms with Crippen molar-refractivity contribution in [2.45, 2.75) is 78.2 Å². The molecular weight excluding hydrogens is 250 g/mol. The van der Waals surface area contributed by atoms with Gasteiger partial charge < -0.3 is 5.32 Å². The predicted octanol–water partition coefficient (Wildman–Crippen LogP) is 5.19. The van der Waals surface area contributed by atoms with Crippen LogP contribution < -0.4 is 5.32 Å². The molecule has 0 aliphatic rings. The molecule has 110 valence electrons. The van der Waals surface area contributed by atoms with E-state index in [1.54, 1.807) is 4.88 Å². The molecule has 0 aromatic carbocycles. The fraction of sp³-hybridized carbons (Fsp3) is 0.765. The van der Waals surface area contributed by atoms with E-state index in [1.165, 1.54) is 56.2 Å². The van der Waals surface area contributed by atoms with Crippen LogP contribution in [0.5, 0.6) is 0 Å². The zero-order chi connectivity index (χ0) is 13.9. The second kappa shape index (κ2) is 10.4. The second-order valence-corrected chi connectivity index (χ2v) is 6.64. The molecule has 0 saturated carbocycles. The summed E-state index contributed by atoms with van der Waals surface area (Å²) in [6, 6.07) is 5.30. The van der Waals surface area contributed by atoms with E-state index in [4.69, 9.17) is 0 Å². The van der Waals surface area contributed by atoms with Crippen LogP contribution >= 0.6 is 11.3 Å². The zero-order valence-corrected chi connectivity index (χ0v) is 13.8. The van der Waals surface area contributed by atoms with E-state index >= 15 is 0 Å². The standard InChI is InChI=1S/C17H31NS/c1-4-7-8-9-10-11-15(18-6-3)14-17-13-12-16(5-2)19-17/h12-13,15,18H,4-11,14H2,1-3H3. The molecule has 1 heterocycles. The normalized spacial score (nSPS) is 12.8. The molecule has 0 radical (unpaired) electrons. The summed E-state index contributed by atoms with van der Waals surface area (Å²) in [7, 11) is 0. The van der Waals surface area contributed by atoms with Crippen molar-refractivity contribution in [3.8, 4) is 0 Å². The number of nitrogens with one attached hydrogen (secondary N) is 1. The number of hydrogen-bond acceptors (Lipinski definition) is 2. The Bertz CT molecular complexity index is 319. The topological polar surface area (TPSA) is 12.0 Å². The molecule has 2 heteroatoms. The Labute approximate surface area is 123 Å². The fourth-order valence-electron chi connectivity index (χ4n) is 2.52. The Kier molecular flexibility index (Phi) is 9.19. The van der Waals surface area contributed by atoms with Gasteiger partial charge in [0.25, 0.3) is 0 Å². The summed E-state index contributed by atoms with van der Waals surface area (Å²) in [6.07, 6.45) is 10.7. The lowest BCUT2D eigenvalue weighted by atomic mass is 10.0. The van der Waals surface area contributed by atoms with Gasteiger partial charge in [-0.25, -0.2) is 0 Å². The van der Waals surface area contributed by atoms with Gasteiger partial charge in [-0.15, -0.1) is 11.3 Å². The van der Waals surface area contributed by atoms with Crippen molar-refractivity contribution in [3.63, 3.8) is 0 Å². The van der Waals surface area contributed by atoms with Gasteiger partial charge in [0.15, 0.2) is 0 Å². The number of likely N-dealkylation sites (N-methyl/N-ethyl adjacent to an activating group) is 1. The van der Waals surface area contributed by atoms with E-state index in [1.807, 2.05) is 11.3 Å². The molecule has 1 aromatic rings. The number of thiophene rings is 1. The summed E-state index contributed by atoms with van der Waals surface area (Å²) in [5.41, 5.74) is 0. The lowest BCUT2D eigenvalue weighted by Crippen LogP contribution is -2.30. The molecule has 0 fully saturated rings. The van der Waals surface area contributed by atoms with Crippen molar-refractivity contribution in [1.29, 1.82) is 0 Å². The van der Waals surface area contributed by atoms with E-state index in [0.29, 0.717) is 6.04 Å². The average Bonchev–Trinajstić information content (AvgIpc) is 2.86. The zero-order valence-electron chi connectivity index (χ0n) is 13.0. The molecule has 0 aliphatic carbocycles. The summed E-state index contributed by atoms with van der Waals surface area (Å²) in [5.74, 6) is 0. The van der Waals surface area contributed by atoms with E-state index in [0.717, 1.165) is 6.54 Å². The largest absolute Gasteiger partial charge is 0.314 e. The van der Waals surface area contributed by atoms with Crippen molar-refractivity contribution in [3.05, 3.63) is 21.9 Å². The first kappa shape index (κ1) is 16.7. The summed E-state index contributed by atoms with van der Waals surface area (Å²) in [4.78, 5) is 3.07. The molecule has 1 unspecified atom stereocenters. The minimum atomic E-state index is 0.676. The second-order valence-electron chi connectivity index (χ2n) is 5.38. The number of unbranched alkanes of at least 4 members (excludes halogenated alkanes) is 4. The third-order valence-corrected chi connectivity index (χ3v) is 4.91. The molecule has 1 aromatic heterocycles. The molecule has 0 saturated heterocycles. The average molecular weight is 282 g/mol. The highest BCUT2D eigenvalue weighted by molar-refractivity contribution is 7.11. The van der Waals surface area contributed by atoms with E-state index in [2.05, 4.69) is 38.2 Å². The van der Waals surface area contributed by atoms with E-state index < -0.39 is 0 Å². The summed E-state index contributed by atoms with van der Waals surface area (Å²) in [5, 5.41) is 3.66. The third-order valence-electron chi connectivity index (χ3n) is 3.66. The monoisotopic (exact) mass is 281 g/mol. The van der Waals surface area contributed by atoms with Gasteiger partial charge in [-0.05, 0) is 37.9 Å². The van der Waals surface area contributed by atoms with Crippen LogP contribution in [0.3, 0.4) is 0 Å². The number of hydrogen-bond donors (Lipinski definition) is 1.